The van der Waals surface area contributed by atoms with Gasteiger partial charge >= 0.3 is 6.09 Å². The molecule has 0 aliphatic rings. The zero-order valence-corrected chi connectivity index (χ0v) is 11.7. The van der Waals surface area contributed by atoms with Gasteiger partial charge in [0, 0.05) is 6.42 Å². The number of rotatable bonds is 4. The summed E-state index contributed by atoms with van der Waals surface area (Å²) in [6.07, 6.45) is -0.674. The summed E-state index contributed by atoms with van der Waals surface area (Å²) in [7, 11) is 0. The predicted molar refractivity (Wildman–Crippen MR) is 70.1 cm³/mol. The molecule has 0 spiro atoms. The van der Waals surface area contributed by atoms with Gasteiger partial charge in [-0.1, -0.05) is 28.5 Å². The fourth-order valence-corrected chi connectivity index (χ4v) is 0.828. The molecule has 0 aliphatic heterocycles. The summed E-state index contributed by atoms with van der Waals surface area (Å²) in [6, 6.07) is 0. The summed E-state index contributed by atoms with van der Waals surface area (Å²) in [6.45, 7) is 4.16. The van der Waals surface area contributed by atoms with Gasteiger partial charge in [0.05, 0.1) is 17.6 Å². The summed E-state index contributed by atoms with van der Waals surface area (Å²) in [5.41, 5.74) is 4.54. The van der Waals surface area contributed by atoms with E-state index in [1.807, 2.05) is 0 Å². The van der Waals surface area contributed by atoms with Gasteiger partial charge in [0.15, 0.2) is 6.29 Å². The van der Waals surface area contributed by atoms with Crippen molar-refractivity contribution in [3.63, 3.8) is 0 Å². The van der Waals surface area contributed by atoms with Crippen LogP contribution in [0, 0.1) is 11.8 Å². The first-order valence-electron chi connectivity index (χ1n) is 4.78. The van der Waals surface area contributed by atoms with Crippen LogP contribution >= 0.6 is 22.6 Å². The van der Waals surface area contributed by atoms with Crippen molar-refractivity contribution in [2.75, 3.05) is 17.6 Å². The smallest absolute Gasteiger partial charge is 0.404 e. The monoisotopic (exact) mass is 343 g/mol. The van der Waals surface area contributed by atoms with Crippen LogP contribution in [0.4, 0.5) is 4.79 Å². The summed E-state index contributed by atoms with van der Waals surface area (Å²) in [5, 5.41) is 8.64. The van der Waals surface area contributed by atoms with E-state index in [0.29, 0.717) is 19.6 Å². The highest BCUT2D eigenvalue weighted by Gasteiger charge is 1.90. The molecule has 5 nitrogen and oxygen atoms in total. The standard InChI is InChI=1S/C7H11IO2.C3H7NO2/c1-7(9)10-6-4-2-3-5-8;1-2-6-3(4)5/h7,9H,4-6H2,1H3;2H2,1H3,(H2,4,5). The SMILES string of the molecule is CC(O)OCCC#CCI.CCOC(N)=O. The molecular formula is C10H18INO4. The summed E-state index contributed by atoms with van der Waals surface area (Å²) >= 11 is 2.19. The first kappa shape index (κ1) is 17.9. The van der Waals surface area contributed by atoms with Crippen molar-refractivity contribution in [1.82, 2.24) is 0 Å². The lowest BCUT2D eigenvalue weighted by Crippen LogP contribution is -2.11. The van der Waals surface area contributed by atoms with Crippen LogP contribution in [0.5, 0.6) is 0 Å². The molecule has 6 heteroatoms. The van der Waals surface area contributed by atoms with Crippen molar-refractivity contribution in [1.29, 1.82) is 0 Å². The zero-order chi connectivity index (χ0) is 12.8. The number of hydrogen-bond donors (Lipinski definition) is 2. The highest BCUT2D eigenvalue weighted by atomic mass is 127. The number of carbonyl (C=O) groups is 1. The van der Waals surface area contributed by atoms with E-state index in [9.17, 15) is 4.79 Å². The molecule has 1 atom stereocenters. The largest absolute Gasteiger partial charge is 0.450 e. The van der Waals surface area contributed by atoms with Gasteiger partial charge in [-0.2, -0.15) is 0 Å². The molecule has 0 aromatic rings. The number of carbonyl (C=O) groups excluding carboxylic acids is 1. The average Bonchev–Trinajstić information content (AvgIpc) is 2.17. The third-order valence-electron chi connectivity index (χ3n) is 1.06. The Kier molecular flexibility index (Phi) is 16.2. The van der Waals surface area contributed by atoms with E-state index in [1.54, 1.807) is 13.8 Å². The van der Waals surface area contributed by atoms with Crippen LogP contribution in [-0.4, -0.2) is 35.1 Å². The van der Waals surface area contributed by atoms with E-state index in [1.165, 1.54) is 0 Å². The number of nitrogens with two attached hydrogens (primary N) is 1. The van der Waals surface area contributed by atoms with E-state index in [0.717, 1.165) is 4.43 Å². The minimum absolute atomic E-state index is 0.356. The Morgan fingerprint density at radius 1 is 1.56 bits per heavy atom. The van der Waals surface area contributed by atoms with Crippen molar-refractivity contribution in [2.45, 2.75) is 26.6 Å². The Morgan fingerprint density at radius 2 is 2.19 bits per heavy atom. The third kappa shape index (κ3) is 23.4. The number of aliphatic hydroxyl groups excluding tert-OH is 1. The molecule has 94 valence electrons. The Bertz CT molecular complexity index is 223. The van der Waals surface area contributed by atoms with Gasteiger partial charge in [0.1, 0.15) is 0 Å². The number of alkyl halides is 1. The summed E-state index contributed by atoms with van der Waals surface area (Å²) in [4.78, 5) is 9.60. The lowest BCUT2D eigenvalue weighted by Gasteiger charge is -2.02. The molecule has 0 aromatic heterocycles. The molecule has 0 bridgehead atoms. The van der Waals surface area contributed by atoms with E-state index >= 15 is 0 Å². The van der Waals surface area contributed by atoms with Gasteiger partial charge in [-0.25, -0.2) is 4.79 Å². The van der Waals surface area contributed by atoms with Crippen molar-refractivity contribution >= 4 is 28.7 Å². The van der Waals surface area contributed by atoms with Gasteiger partial charge in [-0.15, -0.1) is 5.92 Å². The molecule has 1 unspecified atom stereocenters. The summed E-state index contributed by atoms with van der Waals surface area (Å²) < 4.78 is 9.87. The zero-order valence-electron chi connectivity index (χ0n) is 9.53. The molecule has 3 N–H and O–H groups in total. The van der Waals surface area contributed by atoms with Gasteiger partial charge in [-0.3, -0.25) is 0 Å². The second kappa shape index (κ2) is 14.5. The fraction of sp³-hybridized carbons (Fsp3) is 0.700. The second-order valence-electron chi connectivity index (χ2n) is 2.46. The van der Waals surface area contributed by atoms with Crippen LogP contribution in [0.1, 0.15) is 20.3 Å². The normalized spacial score (nSPS) is 10.2. The molecule has 0 rings (SSSR count). The maximum Gasteiger partial charge on any atom is 0.404 e. The molecule has 0 radical (unpaired) electrons. The molecule has 0 saturated carbocycles. The number of hydrogen-bond acceptors (Lipinski definition) is 4. The Morgan fingerprint density at radius 3 is 2.50 bits per heavy atom. The lowest BCUT2D eigenvalue weighted by molar-refractivity contribution is -0.0829. The molecule has 16 heavy (non-hydrogen) atoms. The third-order valence-corrected chi connectivity index (χ3v) is 1.45. The maximum absolute atomic E-state index is 9.60. The number of aliphatic hydroxyl groups is 1. The van der Waals surface area contributed by atoms with E-state index < -0.39 is 12.4 Å². The van der Waals surface area contributed by atoms with Crippen LogP contribution in [0.25, 0.3) is 0 Å². The number of primary amides is 1. The number of halogens is 1. The minimum Gasteiger partial charge on any atom is -0.450 e. The Hall–Kier alpha value is -0.520. The number of amides is 1. The predicted octanol–water partition coefficient (Wildman–Crippen LogP) is 1.27. The van der Waals surface area contributed by atoms with Gasteiger partial charge in [0.2, 0.25) is 0 Å². The van der Waals surface area contributed by atoms with Gasteiger partial charge in [0.25, 0.3) is 0 Å². The van der Waals surface area contributed by atoms with Crippen LogP contribution in [0.15, 0.2) is 0 Å². The van der Waals surface area contributed by atoms with Crippen molar-refractivity contribution < 1.29 is 19.4 Å². The van der Waals surface area contributed by atoms with Crippen molar-refractivity contribution in [3.05, 3.63) is 0 Å². The summed E-state index contributed by atoms with van der Waals surface area (Å²) in [5.74, 6) is 5.79. The molecule has 0 aliphatic carbocycles. The molecule has 0 saturated heterocycles. The van der Waals surface area contributed by atoms with E-state index in [2.05, 4.69) is 44.9 Å². The highest BCUT2D eigenvalue weighted by molar-refractivity contribution is 14.1. The Labute approximate surface area is 110 Å². The average molecular weight is 343 g/mol. The quantitative estimate of drug-likeness (QED) is 0.265. The van der Waals surface area contributed by atoms with Crippen molar-refractivity contribution in [3.8, 4) is 11.8 Å². The van der Waals surface area contributed by atoms with E-state index in [4.69, 9.17) is 9.84 Å². The van der Waals surface area contributed by atoms with Gasteiger partial charge < -0.3 is 20.3 Å². The molecule has 0 aromatic carbocycles. The first-order chi connectivity index (χ1) is 7.54. The van der Waals surface area contributed by atoms with Crippen LogP contribution < -0.4 is 5.73 Å². The van der Waals surface area contributed by atoms with Crippen LogP contribution in [0.2, 0.25) is 0 Å². The Balaban J connectivity index is 0. The van der Waals surface area contributed by atoms with Gasteiger partial charge in [-0.05, 0) is 13.8 Å². The topological polar surface area (TPSA) is 81.8 Å². The lowest BCUT2D eigenvalue weighted by atomic mass is 10.4. The molecule has 0 heterocycles. The van der Waals surface area contributed by atoms with Crippen molar-refractivity contribution in [2.24, 2.45) is 5.73 Å². The van der Waals surface area contributed by atoms with Crippen LogP contribution in [0.3, 0.4) is 0 Å². The molecule has 1 amide bonds. The second-order valence-corrected chi connectivity index (χ2v) is 3.22. The number of ether oxygens (including phenoxy) is 2. The molecular weight excluding hydrogens is 325 g/mol. The first-order valence-corrected chi connectivity index (χ1v) is 6.30. The molecule has 0 fully saturated rings. The van der Waals surface area contributed by atoms with E-state index in [-0.39, 0.29) is 0 Å². The van der Waals surface area contributed by atoms with Crippen LogP contribution in [-0.2, 0) is 9.47 Å². The fourth-order valence-electron chi connectivity index (χ4n) is 0.558. The highest BCUT2D eigenvalue weighted by Crippen LogP contribution is 1.86. The maximum atomic E-state index is 9.60. The minimum atomic E-state index is -0.711.